The predicted molar refractivity (Wildman–Crippen MR) is 111 cm³/mol. The second kappa shape index (κ2) is 9.11. The van der Waals surface area contributed by atoms with Crippen LogP contribution < -0.4 is 15.8 Å². The van der Waals surface area contributed by atoms with E-state index >= 15 is 0 Å². The fourth-order valence-corrected chi connectivity index (χ4v) is 2.99. The second-order valence-corrected chi connectivity index (χ2v) is 6.45. The van der Waals surface area contributed by atoms with Crippen molar-refractivity contribution in [3.05, 3.63) is 52.6 Å². The summed E-state index contributed by atoms with van der Waals surface area (Å²) in [5.41, 5.74) is 7.77. The van der Waals surface area contributed by atoms with Crippen LogP contribution in [0.25, 0.3) is 0 Å². The molecule has 3 aromatic rings. The Morgan fingerprint density at radius 3 is 2.55 bits per heavy atom. The quantitative estimate of drug-likeness (QED) is 0.479. The number of ether oxygens (including phenoxy) is 3. The number of nitrogens with zero attached hydrogens (tertiary/aromatic N) is 3. The molecule has 0 unspecified atom stereocenters. The molecule has 1 aromatic carbocycles. The lowest BCUT2D eigenvalue weighted by Crippen LogP contribution is -2.12. The lowest BCUT2D eigenvalue weighted by atomic mass is 10.1. The lowest BCUT2D eigenvalue weighted by Gasteiger charge is -2.11. The van der Waals surface area contributed by atoms with Crippen LogP contribution in [-0.4, -0.2) is 46.1 Å². The summed E-state index contributed by atoms with van der Waals surface area (Å²) in [5, 5.41) is 3.00. The highest BCUT2D eigenvalue weighted by Crippen LogP contribution is 2.26. The highest BCUT2D eigenvalue weighted by atomic mass is 16.5. The molecule has 0 aliphatic carbocycles. The smallest absolute Gasteiger partial charge is 0.355 e. The third kappa shape index (κ3) is 4.71. The molecule has 2 heterocycles. The molecule has 0 saturated heterocycles. The molecular weight excluding hydrogens is 404 g/mol. The molecular formula is C20H22N6O5. The van der Waals surface area contributed by atoms with Gasteiger partial charge in [-0.25, -0.2) is 9.59 Å². The minimum Gasteiger partial charge on any atom is -0.495 e. The van der Waals surface area contributed by atoms with Gasteiger partial charge in [-0.2, -0.15) is 15.0 Å². The summed E-state index contributed by atoms with van der Waals surface area (Å²) in [6, 6.07) is 7.21. The number of nitrogens with one attached hydrogen (secondary N) is 2. The Morgan fingerprint density at radius 1 is 1.10 bits per heavy atom. The maximum absolute atomic E-state index is 12.5. The molecule has 0 atom stereocenters. The number of aromatic nitrogens is 4. The van der Waals surface area contributed by atoms with E-state index in [1.807, 2.05) is 12.1 Å². The van der Waals surface area contributed by atoms with Crippen LogP contribution in [0, 0.1) is 13.8 Å². The van der Waals surface area contributed by atoms with Crippen LogP contribution in [0.3, 0.4) is 0 Å². The van der Waals surface area contributed by atoms with E-state index in [0.29, 0.717) is 28.3 Å². The van der Waals surface area contributed by atoms with Gasteiger partial charge >= 0.3 is 11.9 Å². The minimum atomic E-state index is -0.672. The third-order valence-electron chi connectivity index (χ3n) is 4.42. The van der Waals surface area contributed by atoms with Crippen LogP contribution in [0.1, 0.15) is 37.9 Å². The van der Waals surface area contributed by atoms with E-state index in [1.165, 1.54) is 7.11 Å². The van der Waals surface area contributed by atoms with Crippen molar-refractivity contribution in [1.29, 1.82) is 0 Å². The number of carbonyl (C=O) groups excluding carboxylic acids is 2. The summed E-state index contributed by atoms with van der Waals surface area (Å²) in [4.78, 5) is 39.5. The van der Waals surface area contributed by atoms with Gasteiger partial charge in [-0.05, 0) is 31.5 Å². The molecule has 11 nitrogen and oxygen atoms in total. The fraction of sp³-hybridized carbons (Fsp3) is 0.250. The van der Waals surface area contributed by atoms with E-state index < -0.39 is 11.9 Å². The highest BCUT2D eigenvalue weighted by molar-refractivity contribution is 5.98. The fourth-order valence-electron chi connectivity index (χ4n) is 2.99. The normalized spacial score (nSPS) is 10.5. The number of H-pyrrole nitrogens is 1. The topological polar surface area (TPSA) is 154 Å². The summed E-state index contributed by atoms with van der Waals surface area (Å²) in [6.07, 6.45) is 0. The molecule has 11 heteroatoms. The number of carbonyl (C=O) groups is 2. The molecule has 3 rings (SSSR count). The van der Waals surface area contributed by atoms with Gasteiger partial charge in [-0.3, -0.25) is 0 Å². The molecule has 0 bridgehead atoms. The first-order valence-electron chi connectivity index (χ1n) is 9.19. The number of para-hydroxylation sites is 2. The number of rotatable bonds is 7. The van der Waals surface area contributed by atoms with Crippen molar-refractivity contribution in [2.45, 2.75) is 20.5 Å². The number of nitrogen functional groups attached to an aromatic ring is 1. The van der Waals surface area contributed by atoms with Crippen molar-refractivity contribution >= 4 is 29.5 Å². The maximum atomic E-state index is 12.5. The van der Waals surface area contributed by atoms with Crippen LogP contribution in [0.15, 0.2) is 24.3 Å². The number of nitrogens with two attached hydrogens (primary N) is 1. The van der Waals surface area contributed by atoms with Gasteiger partial charge in [0.25, 0.3) is 0 Å². The number of esters is 2. The van der Waals surface area contributed by atoms with Crippen molar-refractivity contribution in [2.75, 3.05) is 25.3 Å². The number of aromatic amines is 1. The van der Waals surface area contributed by atoms with Gasteiger partial charge in [0.1, 0.15) is 11.4 Å². The highest BCUT2D eigenvalue weighted by Gasteiger charge is 2.23. The summed E-state index contributed by atoms with van der Waals surface area (Å²) in [7, 11) is 2.82. The summed E-state index contributed by atoms with van der Waals surface area (Å²) in [5.74, 6) is -0.348. The Hall–Kier alpha value is -4.15. The third-order valence-corrected chi connectivity index (χ3v) is 4.42. The van der Waals surface area contributed by atoms with Gasteiger partial charge in [0.2, 0.25) is 11.9 Å². The van der Waals surface area contributed by atoms with Gasteiger partial charge in [0.15, 0.2) is 12.4 Å². The average Bonchev–Trinajstić information content (AvgIpc) is 3.05. The Bertz CT molecular complexity index is 1130. The predicted octanol–water partition coefficient (Wildman–Crippen LogP) is 2.29. The van der Waals surface area contributed by atoms with E-state index in [1.54, 1.807) is 33.1 Å². The zero-order valence-electron chi connectivity index (χ0n) is 17.5. The number of aryl methyl sites for hydroxylation is 1. The number of benzene rings is 1. The van der Waals surface area contributed by atoms with Gasteiger partial charge < -0.3 is 30.2 Å². The van der Waals surface area contributed by atoms with Crippen LogP contribution in [0.4, 0.5) is 17.6 Å². The molecule has 0 fully saturated rings. The second-order valence-electron chi connectivity index (χ2n) is 6.45. The first-order valence-corrected chi connectivity index (χ1v) is 9.19. The number of anilines is 3. The average molecular weight is 426 g/mol. The van der Waals surface area contributed by atoms with E-state index in [9.17, 15) is 9.59 Å². The van der Waals surface area contributed by atoms with Crippen LogP contribution in [0.2, 0.25) is 0 Å². The van der Waals surface area contributed by atoms with Crippen LogP contribution >= 0.6 is 0 Å². The molecule has 0 aliphatic heterocycles. The lowest BCUT2D eigenvalue weighted by molar-refractivity contribution is 0.0455. The van der Waals surface area contributed by atoms with Crippen molar-refractivity contribution in [3.8, 4) is 5.75 Å². The first-order chi connectivity index (χ1) is 14.8. The minimum absolute atomic E-state index is 0.0432. The van der Waals surface area contributed by atoms with Gasteiger partial charge in [0.05, 0.1) is 25.5 Å². The Balaban J connectivity index is 1.75. The van der Waals surface area contributed by atoms with E-state index in [0.717, 1.165) is 0 Å². The number of hydrogen-bond donors (Lipinski definition) is 3. The largest absolute Gasteiger partial charge is 0.495 e. The number of hydrogen-bond acceptors (Lipinski definition) is 10. The molecule has 2 aromatic heterocycles. The van der Waals surface area contributed by atoms with Crippen molar-refractivity contribution in [1.82, 2.24) is 19.9 Å². The Morgan fingerprint density at radius 2 is 1.84 bits per heavy atom. The molecule has 0 aliphatic rings. The summed E-state index contributed by atoms with van der Waals surface area (Å²) < 4.78 is 15.3. The van der Waals surface area contributed by atoms with Crippen LogP contribution in [-0.2, 0) is 16.1 Å². The molecule has 0 radical (unpaired) electrons. The maximum Gasteiger partial charge on any atom is 0.355 e. The van der Waals surface area contributed by atoms with Gasteiger partial charge in [0, 0.05) is 5.69 Å². The van der Waals surface area contributed by atoms with E-state index in [2.05, 4.69) is 25.3 Å². The number of methoxy groups -OCH3 is 2. The van der Waals surface area contributed by atoms with E-state index in [-0.39, 0.29) is 30.0 Å². The SMILES string of the molecule is COC(=O)c1c(C)[nH]c(C(=O)OCc2nc(N)nc(Nc3ccccc3OC)n2)c1C. The zero-order valence-corrected chi connectivity index (χ0v) is 17.5. The van der Waals surface area contributed by atoms with Gasteiger partial charge in [-0.1, -0.05) is 12.1 Å². The van der Waals surface area contributed by atoms with Gasteiger partial charge in [-0.15, -0.1) is 0 Å². The molecule has 0 spiro atoms. The van der Waals surface area contributed by atoms with Crippen molar-refractivity contribution in [3.63, 3.8) is 0 Å². The molecule has 31 heavy (non-hydrogen) atoms. The monoisotopic (exact) mass is 426 g/mol. The Labute approximate surface area is 178 Å². The molecule has 0 amide bonds. The van der Waals surface area contributed by atoms with E-state index in [4.69, 9.17) is 19.9 Å². The Kier molecular flexibility index (Phi) is 6.34. The summed E-state index contributed by atoms with van der Waals surface area (Å²) >= 11 is 0. The molecule has 162 valence electrons. The van der Waals surface area contributed by atoms with Crippen molar-refractivity contribution in [2.24, 2.45) is 0 Å². The van der Waals surface area contributed by atoms with Crippen molar-refractivity contribution < 1.29 is 23.8 Å². The molecule has 0 saturated carbocycles. The zero-order chi connectivity index (χ0) is 22.5. The molecule has 4 N–H and O–H groups in total. The first kappa shape index (κ1) is 21.6. The standard InChI is InChI=1S/C20H22N6O5/c1-10-15(17(27)30-4)11(2)22-16(10)18(28)31-9-14-24-19(21)26-20(25-14)23-12-7-5-6-8-13(12)29-3/h5-8,22H,9H2,1-4H3,(H3,21,23,24,25,26). The van der Waals surface area contributed by atoms with Crippen LogP contribution in [0.5, 0.6) is 5.75 Å². The summed E-state index contributed by atoms with van der Waals surface area (Å²) in [6.45, 7) is 3.04.